The van der Waals surface area contributed by atoms with Crippen LogP contribution in [0.3, 0.4) is 0 Å². The fraction of sp³-hybridized carbons (Fsp3) is 1.00. The third-order valence-electron chi connectivity index (χ3n) is 1.92. The van der Waals surface area contributed by atoms with Crippen LogP contribution in [0, 0.1) is 0 Å². The van der Waals surface area contributed by atoms with E-state index in [1.807, 2.05) is 0 Å². The summed E-state index contributed by atoms with van der Waals surface area (Å²) in [7, 11) is 0. The van der Waals surface area contributed by atoms with Crippen molar-refractivity contribution in [1.29, 1.82) is 0 Å². The number of thiol groups is 2. The topological polar surface area (TPSA) is 0 Å². The molecule has 0 aliphatic carbocycles. The van der Waals surface area contributed by atoms with Gasteiger partial charge in [-0.3, -0.25) is 0 Å². The Kier molecular flexibility index (Phi) is 4.41. The summed E-state index contributed by atoms with van der Waals surface area (Å²) < 4.78 is 0.404. The Morgan fingerprint density at radius 3 is 1.77 bits per heavy atom. The fourth-order valence-corrected chi connectivity index (χ4v) is 10.6. The molecule has 0 N–H and O–H groups in total. The van der Waals surface area contributed by atoms with Gasteiger partial charge in [-0.2, -0.15) is 25.3 Å². The van der Waals surface area contributed by atoms with E-state index in [1.165, 1.54) is 11.5 Å². The largest absolute Gasteiger partial charge is 0.178 e. The zero-order valence-electron chi connectivity index (χ0n) is 7.01. The smallest absolute Gasteiger partial charge is 0.154 e. The lowest BCUT2D eigenvalue weighted by Crippen LogP contribution is -2.06. The van der Waals surface area contributed by atoms with E-state index in [9.17, 15) is 0 Å². The Hall–Kier alpha value is 2.10. The molecular weight excluding hydrogens is 276 g/mol. The molecule has 6 heteroatoms. The van der Waals surface area contributed by atoms with E-state index < -0.39 is 0 Å². The molecule has 1 spiro atoms. The summed E-state index contributed by atoms with van der Waals surface area (Å²) >= 11 is 17.2. The summed E-state index contributed by atoms with van der Waals surface area (Å²) in [4.78, 5) is 0. The monoisotopic (exact) mass is 288 g/mol. The third kappa shape index (κ3) is 2.61. The summed E-state index contributed by atoms with van der Waals surface area (Å²) in [6.45, 7) is 0. The normalized spacial score (nSPS) is 44.8. The van der Waals surface area contributed by atoms with E-state index in [1.54, 1.807) is 0 Å². The van der Waals surface area contributed by atoms with Gasteiger partial charge in [-0.05, 0) is 0 Å². The summed E-state index contributed by atoms with van der Waals surface area (Å²) in [5, 5.41) is 1.51. The van der Waals surface area contributed by atoms with Gasteiger partial charge in [-0.15, -0.1) is 47.0 Å². The zero-order chi connectivity index (χ0) is 9.31. The van der Waals surface area contributed by atoms with E-state index in [2.05, 4.69) is 72.3 Å². The highest BCUT2D eigenvalue weighted by Gasteiger charge is 2.47. The molecule has 2 unspecified atom stereocenters. The van der Waals surface area contributed by atoms with Crippen molar-refractivity contribution in [1.82, 2.24) is 0 Å². The van der Waals surface area contributed by atoms with Crippen LogP contribution < -0.4 is 0 Å². The van der Waals surface area contributed by atoms with Gasteiger partial charge in [0.1, 0.15) is 0 Å². The highest BCUT2D eigenvalue weighted by molar-refractivity contribution is 8.50. The highest BCUT2D eigenvalue weighted by Crippen LogP contribution is 2.66. The molecule has 0 nitrogen and oxygen atoms in total. The van der Waals surface area contributed by atoms with Crippen molar-refractivity contribution >= 4 is 72.3 Å². The van der Waals surface area contributed by atoms with Gasteiger partial charge in [0.05, 0.1) is 0 Å². The first kappa shape index (κ1) is 11.6. The quantitative estimate of drug-likeness (QED) is 0.749. The van der Waals surface area contributed by atoms with Gasteiger partial charge in [0, 0.05) is 33.5 Å². The Balaban J connectivity index is 1.93. The molecule has 0 aromatic carbocycles. The molecule has 76 valence electrons. The van der Waals surface area contributed by atoms with Crippen molar-refractivity contribution in [2.75, 3.05) is 23.0 Å². The number of hydrogen-bond acceptors (Lipinski definition) is 6. The molecule has 2 rings (SSSR count). The van der Waals surface area contributed by atoms with Crippen LogP contribution in [0.25, 0.3) is 0 Å². The zero-order valence-corrected chi connectivity index (χ0v) is 12.1. The Morgan fingerprint density at radius 1 is 1.00 bits per heavy atom. The van der Waals surface area contributed by atoms with E-state index in [0.717, 1.165) is 22.0 Å². The lowest BCUT2D eigenvalue weighted by Gasteiger charge is -2.19. The maximum absolute atomic E-state index is 4.37. The van der Waals surface area contributed by atoms with Crippen LogP contribution in [0.1, 0.15) is 0 Å². The Bertz CT molecular complexity index is 164. The van der Waals surface area contributed by atoms with Crippen molar-refractivity contribution in [3.05, 3.63) is 0 Å². The van der Waals surface area contributed by atoms with Crippen LogP contribution >= 0.6 is 72.3 Å². The van der Waals surface area contributed by atoms with Gasteiger partial charge in [0.25, 0.3) is 0 Å². The molecule has 2 atom stereocenters. The highest BCUT2D eigenvalue weighted by atomic mass is 32.3. The minimum absolute atomic E-state index is 0.404. The molecule has 2 aliphatic rings. The lowest BCUT2D eigenvalue weighted by molar-refractivity contribution is 1.17. The van der Waals surface area contributed by atoms with Gasteiger partial charge < -0.3 is 0 Å². The predicted molar refractivity (Wildman–Crippen MR) is 78.1 cm³/mol. The second-order valence-corrected chi connectivity index (χ2v) is 10.7. The molecular formula is C7H12S6. The molecule has 0 amide bonds. The average Bonchev–Trinajstić information content (AvgIpc) is 2.74. The van der Waals surface area contributed by atoms with Crippen LogP contribution in [0.15, 0.2) is 0 Å². The van der Waals surface area contributed by atoms with Crippen molar-refractivity contribution in [2.45, 2.75) is 13.2 Å². The van der Waals surface area contributed by atoms with Crippen LogP contribution in [-0.2, 0) is 0 Å². The standard InChI is InChI=1S/C7H12S6/c8-1-5-3-10-7(12-5)11-4-6(2-9)13-7/h5-6,8-9H,1-4H2. The summed E-state index contributed by atoms with van der Waals surface area (Å²) in [6.07, 6.45) is 0. The maximum Gasteiger partial charge on any atom is 0.154 e. The van der Waals surface area contributed by atoms with Gasteiger partial charge in [0.2, 0.25) is 0 Å². The van der Waals surface area contributed by atoms with Gasteiger partial charge in [0.15, 0.2) is 2.74 Å². The summed E-state index contributed by atoms with van der Waals surface area (Å²) in [5.41, 5.74) is 0. The molecule has 2 saturated heterocycles. The van der Waals surface area contributed by atoms with Gasteiger partial charge in [-0.25, -0.2) is 0 Å². The molecule has 0 saturated carbocycles. The number of hydrogen-bond donors (Lipinski definition) is 2. The van der Waals surface area contributed by atoms with E-state index >= 15 is 0 Å². The van der Waals surface area contributed by atoms with Crippen LogP contribution in [0.2, 0.25) is 0 Å². The van der Waals surface area contributed by atoms with E-state index in [0.29, 0.717) is 2.74 Å². The first-order chi connectivity index (χ1) is 6.28. The molecule has 0 radical (unpaired) electrons. The van der Waals surface area contributed by atoms with Crippen LogP contribution in [0.5, 0.6) is 0 Å². The van der Waals surface area contributed by atoms with E-state index in [-0.39, 0.29) is 0 Å². The molecule has 0 aromatic heterocycles. The van der Waals surface area contributed by atoms with Crippen LogP contribution in [-0.4, -0.2) is 36.3 Å². The molecule has 13 heavy (non-hydrogen) atoms. The molecule has 2 heterocycles. The minimum Gasteiger partial charge on any atom is -0.178 e. The molecule has 0 aromatic rings. The number of thioether (sulfide) groups is 4. The molecule has 2 aliphatic heterocycles. The van der Waals surface area contributed by atoms with E-state index in [4.69, 9.17) is 0 Å². The Labute approximate surface area is 108 Å². The summed E-state index contributed by atoms with van der Waals surface area (Å²) in [5.74, 6) is 4.58. The minimum atomic E-state index is 0.404. The van der Waals surface area contributed by atoms with Crippen molar-refractivity contribution in [3.63, 3.8) is 0 Å². The second-order valence-electron chi connectivity index (χ2n) is 2.97. The second kappa shape index (κ2) is 4.95. The van der Waals surface area contributed by atoms with Crippen molar-refractivity contribution < 1.29 is 0 Å². The molecule has 2 fully saturated rings. The van der Waals surface area contributed by atoms with Crippen molar-refractivity contribution in [3.8, 4) is 0 Å². The van der Waals surface area contributed by atoms with Crippen molar-refractivity contribution in [2.24, 2.45) is 0 Å². The maximum atomic E-state index is 4.37. The van der Waals surface area contributed by atoms with Gasteiger partial charge >= 0.3 is 0 Å². The Morgan fingerprint density at radius 2 is 1.46 bits per heavy atom. The SMILES string of the molecule is SCC1CSC2(SCC(CS)S2)S1. The predicted octanol–water partition coefficient (Wildman–Crippen LogP) is 3.15. The van der Waals surface area contributed by atoms with Gasteiger partial charge in [-0.1, -0.05) is 0 Å². The molecule has 0 bridgehead atoms. The lowest BCUT2D eigenvalue weighted by atomic mass is 10.6. The third-order valence-corrected chi connectivity index (χ3v) is 11.3. The first-order valence-corrected chi connectivity index (χ1v) is 9.13. The first-order valence-electron chi connectivity index (χ1n) is 4.13. The average molecular weight is 289 g/mol. The van der Waals surface area contributed by atoms with Crippen LogP contribution in [0.4, 0.5) is 0 Å². The number of rotatable bonds is 2. The fourth-order valence-electron chi connectivity index (χ4n) is 1.25. The summed E-state index contributed by atoms with van der Waals surface area (Å²) in [6, 6.07) is 0.